The fourth-order valence-corrected chi connectivity index (χ4v) is 3.82. The molecule has 3 atom stereocenters. The molecular formula is C20H20N4O6. The Labute approximate surface area is 171 Å². The van der Waals surface area contributed by atoms with E-state index in [1.54, 1.807) is 36.7 Å². The van der Waals surface area contributed by atoms with Crippen molar-refractivity contribution >= 4 is 17.9 Å². The number of urea groups is 1. The number of hydrogen-bond acceptors (Lipinski definition) is 8. The highest BCUT2D eigenvalue weighted by molar-refractivity contribution is 6.02. The van der Waals surface area contributed by atoms with Gasteiger partial charge < -0.3 is 24.8 Å². The summed E-state index contributed by atoms with van der Waals surface area (Å²) >= 11 is 0. The number of amides is 3. The van der Waals surface area contributed by atoms with Gasteiger partial charge in [0, 0.05) is 18.0 Å². The third-order valence-corrected chi connectivity index (χ3v) is 5.25. The lowest BCUT2D eigenvalue weighted by atomic mass is 9.89. The van der Waals surface area contributed by atoms with Crippen LogP contribution in [0.5, 0.6) is 11.5 Å². The Bertz CT molecular complexity index is 1010. The Balaban J connectivity index is 1.69. The molecule has 0 aliphatic carbocycles. The van der Waals surface area contributed by atoms with Crippen LogP contribution in [0, 0.1) is 5.92 Å². The van der Waals surface area contributed by atoms with E-state index in [0.29, 0.717) is 11.3 Å². The van der Waals surface area contributed by atoms with Crippen molar-refractivity contribution in [1.29, 1.82) is 0 Å². The lowest BCUT2D eigenvalue weighted by Gasteiger charge is -2.39. The van der Waals surface area contributed by atoms with E-state index in [2.05, 4.69) is 10.3 Å². The van der Waals surface area contributed by atoms with Crippen LogP contribution in [-0.2, 0) is 16.1 Å². The van der Waals surface area contributed by atoms with Crippen LogP contribution < -0.4 is 20.5 Å². The summed E-state index contributed by atoms with van der Waals surface area (Å²) in [5.41, 5.74) is 7.71. The van der Waals surface area contributed by atoms with Crippen molar-refractivity contribution in [3.05, 3.63) is 53.3 Å². The molecule has 1 aromatic heterocycles. The van der Waals surface area contributed by atoms with Crippen molar-refractivity contribution < 1.29 is 28.6 Å². The summed E-state index contributed by atoms with van der Waals surface area (Å²) in [5, 5.41) is 2.30. The average Bonchev–Trinajstić information content (AvgIpc) is 3.07. The SMILES string of the molecule is COc1ccc2c(c1OC)C(=O)OC2C1C(=O)NC(=O)N(Cc2cccnc2)C1N. The topological polar surface area (TPSA) is 133 Å². The van der Waals surface area contributed by atoms with Gasteiger partial charge in [-0.2, -0.15) is 0 Å². The van der Waals surface area contributed by atoms with Gasteiger partial charge in [-0.1, -0.05) is 12.1 Å². The molecule has 2 aliphatic rings. The molecule has 1 fully saturated rings. The molecule has 1 saturated heterocycles. The van der Waals surface area contributed by atoms with Crippen LogP contribution in [0.2, 0.25) is 0 Å². The third-order valence-electron chi connectivity index (χ3n) is 5.25. The van der Waals surface area contributed by atoms with E-state index in [1.165, 1.54) is 19.1 Å². The molecule has 10 nitrogen and oxygen atoms in total. The molecule has 3 N–H and O–H groups in total. The van der Waals surface area contributed by atoms with E-state index in [-0.39, 0.29) is 17.9 Å². The van der Waals surface area contributed by atoms with Crippen LogP contribution in [0.15, 0.2) is 36.7 Å². The van der Waals surface area contributed by atoms with Gasteiger partial charge in [0.25, 0.3) is 0 Å². The van der Waals surface area contributed by atoms with Gasteiger partial charge in [-0.25, -0.2) is 9.59 Å². The number of aromatic nitrogens is 1. The van der Waals surface area contributed by atoms with E-state index < -0.39 is 36.1 Å². The minimum atomic E-state index is -1.02. The third kappa shape index (κ3) is 3.11. The Kier molecular flexibility index (Phi) is 5.00. The number of nitrogens with two attached hydrogens (primary N) is 1. The number of ether oxygens (including phenoxy) is 3. The molecule has 2 aromatic rings. The second-order valence-corrected chi connectivity index (χ2v) is 6.89. The normalized spacial score (nSPS) is 23.0. The molecule has 3 amide bonds. The molecule has 3 unspecified atom stereocenters. The van der Waals surface area contributed by atoms with E-state index in [0.717, 1.165) is 5.56 Å². The summed E-state index contributed by atoms with van der Waals surface area (Å²) in [4.78, 5) is 43.1. The summed E-state index contributed by atoms with van der Waals surface area (Å²) in [6.07, 6.45) is 1.21. The number of nitrogens with zero attached hydrogens (tertiary/aromatic N) is 2. The van der Waals surface area contributed by atoms with Gasteiger partial charge in [0.05, 0.1) is 26.9 Å². The first kappa shape index (κ1) is 19.6. The van der Waals surface area contributed by atoms with Gasteiger partial charge >= 0.3 is 12.0 Å². The standard InChI is InChI=1S/C20H20N4O6/c1-28-12-6-5-11-13(16(12)29-2)19(26)30-15(11)14-17(21)24(20(27)23-18(14)25)9-10-4-3-7-22-8-10/h3-8,14-15,17H,9,21H2,1-2H3,(H,23,25,27). The number of esters is 1. The van der Waals surface area contributed by atoms with E-state index in [4.69, 9.17) is 19.9 Å². The number of benzene rings is 1. The lowest BCUT2D eigenvalue weighted by Crippen LogP contribution is -2.64. The number of fused-ring (bicyclic) bond motifs is 1. The van der Waals surface area contributed by atoms with Crippen molar-refractivity contribution in [2.75, 3.05) is 14.2 Å². The van der Waals surface area contributed by atoms with Crippen molar-refractivity contribution in [1.82, 2.24) is 15.2 Å². The predicted octanol–water partition coefficient (Wildman–Crippen LogP) is 0.963. The van der Waals surface area contributed by atoms with Crippen molar-refractivity contribution in [2.24, 2.45) is 11.7 Å². The summed E-state index contributed by atoms with van der Waals surface area (Å²) in [6, 6.07) is 6.16. The summed E-state index contributed by atoms with van der Waals surface area (Å²) in [5.74, 6) is -1.70. The molecule has 30 heavy (non-hydrogen) atoms. The number of cyclic esters (lactones) is 1. The summed E-state index contributed by atoms with van der Waals surface area (Å²) in [7, 11) is 2.86. The molecule has 0 bridgehead atoms. The zero-order valence-electron chi connectivity index (χ0n) is 16.3. The maximum Gasteiger partial charge on any atom is 0.343 e. The zero-order valence-corrected chi connectivity index (χ0v) is 16.3. The maximum atomic E-state index is 12.7. The zero-order chi connectivity index (χ0) is 21.4. The Hall–Kier alpha value is -3.66. The summed E-state index contributed by atoms with van der Waals surface area (Å²) in [6.45, 7) is 0.143. The fourth-order valence-electron chi connectivity index (χ4n) is 3.82. The largest absolute Gasteiger partial charge is 0.493 e. The van der Waals surface area contributed by atoms with Gasteiger partial charge in [0.2, 0.25) is 5.91 Å². The number of rotatable bonds is 5. The molecule has 0 radical (unpaired) electrons. The predicted molar refractivity (Wildman–Crippen MR) is 102 cm³/mol. The van der Waals surface area contributed by atoms with Crippen LogP contribution in [0.25, 0.3) is 0 Å². The number of carbonyl (C=O) groups is 3. The highest BCUT2D eigenvalue weighted by atomic mass is 16.6. The second-order valence-electron chi connectivity index (χ2n) is 6.89. The number of nitrogens with one attached hydrogen (secondary N) is 1. The van der Waals surface area contributed by atoms with Crippen LogP contribution in [0.4, 0.5) is 4.79 Å². The van der Waals surface area contributed by atoms with Gasteiger partial charge in [-0.3, -0.25) is 15.1 Å². The Morgan fingerprint density at radius 2 is 2.00 bits per heavy atom. The van der Waals surface area contributed by atoms with Gasteiger partial charge in [-0.05, 0) is 17.7 Å². The van der Waals surface area contributed by atoms with Crippen LogP contribution >= 0.6 is 0 Å². The van der Waals surface area contributed by atoms with Crippen LogP contribution in [0.1, 0.15) is 27.6 Å². The number of imide groups is 1. The summed E-state index contributed by atoms with van der Waals surface area (Å²) < 4.78 is 16.1. The van der Waals surface area contributed by atoms with Gasteiger partial charge in [0.1, 0.15) is 17.6 Å². The molecular weight excluding hydrogens is 392 g/mol. The Morgan fingerprint density at radius 3 is 2.67 bits per heavy atom. The van der Waals surface area contributed by atoms with E-state index >= 15 is 0 Å². The highest BCUT2D eigenvalue weighted by Gasteiger charge is 2.50. The Morgan fingerprint density at radius 1 is 1.20 bits per heavy atom. The quantitative estimate of drug-likeness (QED) is 0.694. The van der Waals surface area contributed by atoms with Crippen molar-refractivity contribution in [3.63, 3.8) is 0 Å². The van der Waals surface area contributed by atoms with E-state index in [9.17, 15) is 14.4 Å². The smallest absolute Gasteiger partial charge is 0.343 e. The average molecular weight is 412 g/mol. The van der Waals surface area contributed by atoms with Gasteiger partial charge in [0.15, 0.2) is 11.5 Å². The fraction of sp³-hybridized carbons (Fsp3) is 0.300. The number of methoxy groups -OCH3 is 2. The second kappa shape index (κ2) is 7.64. The molecule has 4 rings (SSSR count). The van der Waals surface area contributed by atoms with Crippen LogP contribution in [-0.4, -0.2) is 48.2 Å². The minimum Gasteiger partial charge on any atom is -0.493 e. The molecule has 0 spiro atoms. The molecule has 0 saturated carbocycles. The molecule has 1 aromatic carbocycles. The number of pyridine rings is 1. The monoisotopic (exact) mass is 412 g/mol. The number of hydrogen-bond donors (Lipinski definition) is 2. The lowest BCUT2D eigenvalue weighted by molar-refractivity contribution is -0.133. The molecule has 156 valence electrons. The van der Waals surface area contributed by atoms with Crippen LogP contribution in [0.3, 0.4) is 0 Å². The van der Waals surface area contributed by atoms with Crippen molar-refractivity contribution in [2.45, 2.75) is 18.8 Å². The van der Waals surface area contributed by atoms with Crippen molar-refractivity contribution in [3.8, 4) is 11.5 Å². The van der Waals surface area contributed by atoms with Gasteiger partial charge in [-0.15, -0.1) is 0 Å². The molecule has 10 heteroatoms. The number of carbonyl (C=O) groups excluding carboxylic acids is 3. The molecule has 3 heterocycles. The first-order chi connectivity index (χ1) is 14.5. The maximum absolute atomic E-state index is 12.7. The molecule has 2 aliphatic heterocycles. The first-order valence-corrected chi connectivity index (χ1v) is 9.18. The minimum absolute atomic E-state index is 0.143. The van der Waals surface area contributed by atoms with E-state index in [1.807, 2.05) is 0 Å². The highest BCUT2D eigenvalue weighted by Crippen LogP contribution is 2.45. The first-order valence-electron chi connectivity index (χ1n) is 9.18.